The predicted molar refractivity (Wildman–Crippen MR) is 87.0 cm³/mol. The minimum absolute atomic E-state index is 0.319. The molecular formula is C18H30N2. The highest BCUT2D eigenvalue weighted by atomic mass is 15.2. The first-order valence-electron chi connectivity index (χ1n) is 8.26. The van der Waals surface area contributed by atoms with Gasteiger partial charge in [-0.2, -0.15) is 0 Å². The lowest BCUT2D eigenvalue weighted by Gasteiger charge is -2.35. The summed E-state index contributed by atoms with van der Waals surface area (Å²) in [6.07, 6.45) is 4.82. The van der Waals surface area contributed by atoms with Crippen molar-refractivity contribution in [3.05, 3.63) is 35.4 Å². The van der Waals surface area contributed by atoms with E-state index in [9.17, 15) is 0 Å². The van der Waals surface area contributed by atoms with Crippen molar-refractivity contribution in [1.29, 1.82) is 0 Å². The fourth-order valence-electron chi connectivity index (χ4n) is 3.22. The van der Waals surface area contributed by atoms with E-state index >= 15 is 0 Å². The Kier molecular flexibility index (Phi) is 5.62. The van der Waals surface area contributed by atoms with Crippen LogP contribution in [-0.2, 0) is 13.0 Å². The van der Waals surface area contributed by atoms with Gasteiger partial charge < -0.3 is 5.32 Å². The van der Waals surface area contributed by atoms with Gasteiger partial charge in [-0.05, 0) is 49.9 Å². The Morgan fingerprint density at radius 1 is 1.05 bits per heavy atom. The normalized spacial score (nSPS) is 19.8. The minimum atomic E-state index is 0.319. The van der Waals surface area contributed by atoms with Gasteiger partial charge in [0.1, 0.15) is 0 Å². The summed E-state index contributed by atoms with van der Waals surface area (Å²) in [6.45, 7) is 11.5. The van der Waals surface area contributed by atoms with Crippen LogP contribution in [0.25, 0.3) is 0 Å². The molecule has 1 aromatic rings. The van der Waals surface area contributed by atoms with E-state index in [4.69, 9.17) is 0 Å². The first-order valence-corrected chi connectivity index (χ1v) is 8.26. The molecule has 1 fully saturated rings. The largest absolute Gasteiger partial charge is 0.310 e. The molecule has 1 aliphatic rings. The molecule has 112 valence electrons. The van der Waals surface area contributed by atoms with Crippen LogP contribution in [0.15, 0.2) is 24.3 Å². The summed E-state index contributed by atoms with van der Waals surface area (Å²) >= 11 is 0. The number of benzene rings is 1. The molecule has 0 unspecified atom stereocenters. The Morgan fingerprint density at radius 3 is 2.30 bits per heavy atom. The highest BCUT2D eigenvalue weighted by molar-refractivity contribution is 5.22. The summed E-state index contributed by atoms with van der Waals surface area (Å²) in [6, 6.07) is 9.16. The zero-order valence-corrected chi connectivity index (χ0v) is 13.4. The van der Waals surface area contributed by atoms with Crippen LogP contribution in [0.4, 0.5) is 0 Å². The van der Waals surface area contributed by atoms with E-state index in [1.807, 2.05) is 0 Å². The Hall–Kier alpha value is -0.860. The quantitative estimate of drug-likeness (QED) is 0.882. The molecule has 1 saturated heterocycles. The topological polar surface area (TPSA) is 15.3 Å². The number of nitrogens with zero attached hydrogens (tertiary/aromatic N) is 1. The molecule has 0 radical (unpaired) electrons. The summed E-state index contributed by atoms with van der Waals surface area (Å²) in [5, 5.41) is 3.79. The summed E-state index contributed by atoms with van der Waals surface area (Å²) in [7, 11) is 0. The average molecular weight is 274 g/mol. The van der Waals surface area contributed by atoms with Gasteiger partial charge >= 0.3 is 0 Å². The molecule has 2 heteroatoms. The molecule has 0 aromatic heterocycles. The Morgan fingerprint density at radius 2 is 1.70 bits per heavy atom. The van der Waals surface area contributed by atoms with Gasteiger partial charge in [0.25, 0.3) is 0 Å². The first kappa shape index (κ1) is 15.5. The molecule has 0 atom stereocenters. The van der Waals surface area contributed by atoms with Crippen molar-refractivity contribution in [3.63, 3.8) is 0 Å². The second-order valence-electron chi connectivity index (χ2n) is 6.15. The van der Waals surface area contributed by atoms with Crippen molar-refractivity contribution >= 4 is 0 Å². The van der Waals surface area contributed by atoms with E-state index in [1.165, 1.54) is 43.5 Å². The number of nitrogens with one attached hydrogen (secondary N) is 1. The molecule has 0 spiro atoms. The maximum Gasteiger partial charge on any atom is 0.0303 e. The van der Waals surface area contributed by atoms with Crippen molar-refractivity contribution in [1.82, 2.24) is 10.2 Å². The zero-order chi connectivity index (χ0) is 14.4. The van der Waals surface area contributed by atoms with Crippen LogP contribution < -0.4 is 5.32 Å². The summed E-state index contributed by atoms with van der Waals surface area (Å²) in [5.41, 5.74) is 3.20. The van der Waals surface area contributed by atoms with Gasteiger partial charge in [0.05, 0.1) is 0 Å². The number of hydrogen-bond donors (Lipinski definition) is 1. The fraction of sp³-hybridized carbons (Fsp3) is 0.667. The fourth-order valence-corrected chi connectivity index (χ4v) is 3.22. The molecule has 1 heterocycles. The average Bonchev–Trinajstić information content (AvgIpc) is 2.71. The molecule has 0 saturated carbocycles. The van der Waals surface area contributed by atoms with Crippen molar-refractivity contribution in [2.24, 2.45) is 0 Å². The molecule has 1 aliphatic heterocycles. The van der Waals surface area contributed by atoms with E-state index in [0.717, 1.165) is 19.5 Å². The maximum atomic E-state index is 3.79. The summed E-state index contributed by atoms with van der Waals surface area (Å²) in [4.78, 5) is 2.63. The SMILES string of the molecule is CCc1ccc(CN2CCCNC(CC)(CC)C2)cc1. The van der Waals surface area contributed by atoms with Crippen LogP contribution in [0.1, 0.15) is 51.2 Å². The first-order chi connectivity index (χ1) is 9.71. The Labute approximate surface area is 124 Å². The van der Waals surface area contributed by atoms with E-state index in [-0.39, 0.29) is 0 Å². The molecule has 1 N–H and O–H groups in total. The predicted octanol–water partition coefficient (Wildman–Crippen LogP) is 3.60. The second-order valence-corrected chi connectivity index (χ2v) is 6.15. The molecule has 2 rings (SSSR count). The van der Waals surface area contributed by atoms with Crippen LogP contribution in [0, 0.1) is 0 Å². The van der Waals surface area contributed by atoms with Crippen LogP contribution >= 0.6 is 0 Å². The van der Waals surface area contributed by atoms with Crippen molar-refractivity contribution in [2.45, 2.75) is 58.5 Å². The van der Waals surface area contributed by atoms with Gasteiger partial charge in [-0.3, -0.25) is 4.90 Å². The lowest BCUT2D eigenvalue weighted by Crippen LogP contribution is -2.50. The minimum Gasteiger partial charge on any atom is -0.310 e. The standard InChI is InChI=1S/C18H30N2/c1-4-16-8-10-17(11-9-16)14-20-13-7-12-19-18(5-2,6-3)15-20/h8-11,19H,4-7,12-15H2,1-3H3. The lowest BCUT2D eigenvalue weighted by atomic mass is 9.92. The third kappa shape index (κ3) is 3.83. The molecule has 20 heavy (non-hydrogen) atoms. The molecule has 0 aliphatic carbocycles. The summed E-state index contributed by atoms with van der Waals surface area (Å²) < 4.78 is 0. The van der Waals surface area contributed by atoms with E-state index in [1.54, 1.807) is 0 Å². The zero-order valence-electron chi connectivity index (χ0n) is 13.4. The summed E-state index contributed by atoms with van der Waals surface area (Å²) in [5.74, 6) is 0. The van der Waals surface area contributed by atoms with Gasteiger partial charge in [0, 0.05) is 18.6 Å². The molecule has 0 bridgehead atoms. The van der Waals surface area contributed by atoms with Crippen LogP contribution in [-0.4, -0.2) is 30.1 Å². The van der Waals surface area contributed by atoms with E-state index in [0.29, 0.717) is 5.54 Å². The third-order valence-corrected chi connectivity index (χ3v) is 4.87. The van der Waals surface area contributed by atoms with E-state index in [2.05, 4.69) is 55.3 Å². The highest BCUT2D eigenvalue weighted by Crippen LogP contribution is 2.21. The van der Waals surface area contributed by atoms with Gasteiger partial charge in [0.15, 0.2) is 0 Å². The van der Waals surface area contributed by atoms with Gasteiger partial charge in [-0.25, -0.2) is 0 Å². The van der Waals surface area contributed by atoms with Crippen LogP contribution in [0.3, 0.4) is 0 Å². The molecule has 2 nitrogen and oxygen atoms in total. The molecule has 0 amide bonds. The van der Waals surface area contributed by atoms with Crippen LogP contribution in [0.5, 0.6) is 0 Å². The number of aryl methyl sites for hydroxylation is 1. The number of rotatable bonds is 5. The Balaban J connectivity index is 2.02. The van der Waals surface area contributed by atoms with Crippen molar-refractivity contribution in [3.8, 4) is 0 Å². The van der Waals surface area contributed by atoms with Crippen molar-refractivity contribution < 1.29 is 0 Å². The molecule has 1 aromatic carbocycles. The molecular weight excluding hydrogens is 244 g/mol. The van der Waals surface area contributed by atoms with Crippen molar-refractivity contribution in [2.75, 3.05) is 19.6 Å². The smallest absolute Gasteiger partial charge is 0.0303 e. The maximum absolute atomic E-state index is 3.79. The third-order valence-electron chi connectivity index (χ3n) is 4.87. The van der Waals surface area contributed by atoms with Gasteiger partial charge in [0.2, 0.25) is 0 Å². The lowest BCUT2D eigenvalue weighted by molar-refractivity contribution is 0.191. The second kappa shape index (κ2) is 7.24. The van der Waals surface area contributed by atoms with Crippen LogP contribution in [0.2, 0.25) is 0 Å². The number of hydrogen-bond acceptors (Lipinski definition) is 2. The Bertz CT molecular complexity index is 392. The van der Waals surface area contributed by atoms with E-state index < -0.39 is 0 Å². The monoisotopic (exact) mass is 274 g/mol. The van der Waals surface area contributed by atoms with Gasteiger partial charge in [-0.15, -0.1) is 0 Å². The van der Waals surface area contributed by atoms with Gasteiger partial charge in [-0.1, -0.05) is 45.0 Å². The highest BCUT2D eigenvalue weighted by Gasteiger charge is 2.29.